The number of carbonyl (C=O) groups excluding carboxylic acids is 1. The van der Waals surface area contributed by atoms with Crippen LogP contribution in [0.3, 0.4) is 0 Å². The molecule has 0 spiro atoms. The fourth-order valence-electron chi connectivity index (χ4n) is 2.22. The van der Waals surface area contributed by atoms with Gasteiger partial charge in [-0.15, -0.1) is 0 Å². The molecule has 2 fully saturated rings. The van der Waals surface area contributed by atoms with Gasteiger partial charge in [-0.05, 0) is 33.6 Å². The maximum Gasteiger partial charge on any atom is 0.410 e. The lowest BCUT2D eigenvalue weighted by molar-refractivity contribution is 0.00644. The number of rotatable bonds is 4. The predicted molar refractivity (Wildman–Crippen MR) is 71.1 cm³/mol. The molecule has 0 aromatic rings. The molecule has 2 rings (SSSR count). The summed E-state index contributed by atoms with van der Waals surface area (Å²) in [6, 6.07) is 0. The predicted octanol–water partition coefficient (Wildman–Crippen LogP) is 2.05. The standard InChI is InChI=1S/C14H25NO4/c1-14(2,3)19-13(16)15-6-4-5-11(7-15)8-17-9-12-10-18-12/h11-12H,4-10H2,1-3H3/t11-,12-/m0/s1. The highest BCUT2D eigenvalue weighted by Crippen LogP contribution is 2.20. The van der Waals surface area contributed by atoms with E-state index in [0.29, 0.717) is 25.2 Å². The van der Waals surface area contributed by atoms with Crippen molar-refractivity contribution in [1.82, 2.24) is 4.90 Å². The van der Waals surface area contributed by atoms with Crippen LogP contribution >= 0.6 is 0 Å². The van der Waals surface area contributed by atoms with Gasteiger partial charge in [0.25, 0.3) is 0 Å². The van der Waals surface area contributed by atoms with Gasteiger partial charge in [0.1, 0.15) is 11.7 Å². The lowest BCUT2D eigenvalue weighted by Crippen LogP contribution is -2.43. The van der Waals surface area contributed by atoms with E-state index < -0.39 is 5.60 Å². The van der Waals surface area contributed by atoms with Crippen LogP contribution in [-0.2, 0) is 14.2 Å². The van der Waals surface area contributed by atoms with Crippen molar-refractivity contribution in [2.24, 2.45) is 5.92 Å². The molecule has 2 heterocycles. The zero-order valence-corrected chi connectivity index (χ0v) is 12.2. The number of hydrogen-bond acceptors (Lipinski definition) is 4. The Hall–Kier alpha value is -0.810. The Morgan fingerprint density at radius 2 is 2.11 bits per heavy atom. The Morgan fingerprint density at radius 1 is 1.37 bits per heavy atom. The lowest BCUT2D eigenvalue weighted by Gasteiger charge is -2.34. The molecule has 0 aliphatic carbocycles. The van der Waals surface area contributed by atoms with E-state index in [2.05, 4.69) is 0 Å². The zero-order chi connectivity index (χ0) is 13.9. The molecule has 1 amide bonds. The second-order valence-electron chi connectivity index (χ2n) is 6.43. The van der Waals surface area contributed by atoms with Crippen molar-refractivity contribution in [2.45, 2.75) is 45.3 Å². The summed E-state index contributed by atoms with van der Waals surface area (Å²) >= 11 is 0. The van der Waals surface area contributed by atoms with Crippen molar-refractivity contribution >= 4 is 6.09 Å². The Morgan fingerprint density at radius 3 is 2.74 bits per heavy atom. The highest BCUT2D eigenvalue weighted by Gasteiger charge is 2.28. The molecule has 19 heavy (non-hydrogen) atoms. The van der Waals surface area contributed by atoms with Gasteiger partial charge in [-0.1, -0.05) is 0 Å². The second-order valence-corrected chi connectivity index (χ2v) is 6.43. The van der Waals surface area contributed by atoms with Crippen molar-refractivity contribution in [2.75, 3.05) is 32.9 Å². The van der Waals surface area contributed by atoms with Crippen LogP contribution < -0.4 is 0 Å². The minimum atomic E-state index is -0.427. The van der Waals surface area contributed by atoms with Crippen LogP contribution in [-0.4, -0.2) is 55.6 Å². The Balaban J connectivity index is 1.70. The fourth-order valence-corrected chi connectivity index (χ4v) is 2.22. The van der Waals surface area contributed by atoms with Gasteiger partial charge in [-0.2, -0.15) is 0 Å². The van der Waals surface area contributed by atoms with Gasteiger partial charge in [0.05, 0.1) is 19.8 Å². The Bertz CT molecular complexity index is 309. The van der Waals surface area contributed by atoms with E-state index in [1.54, 1.807) is 4.90 Å². The maximum atomic E-state index is 12.0. The monoisotopic (exact) mass is 271 g/mol. The van der Waals surface area contributed by atoms with E-state index in [1.807, 2.05) is 20.8 Å². The minimum Gasteiger partial charge on any atom is -0.444 e. The van der Waals surface area contributed by atoms with Crippen LogP contribution in [0.4, 0.5) is 4.79 Å². The first-order valence-corrected chi connectivity index (χ1v) is 7.11. The Labute approximate surface area is 115 Å². The number of piperidine rings is 1. The maximum absolute atomic E-state index is 12.0. The molecule has 110 valence electrons. The van der Waals surface area contributed by atoms with Gasteiger partial charge in [0, 0.05) is 19.0 Å². The number of likely N-dealkylation sites (tertiary alicyclic amines) is 1. The SMILES string of the molecule is CC(C)(C)OC(=O)N1CCC[C@H](COC[C@H]2CO2)C1. The molecule has 0 aromatic heterocycles. The van der Waals surface area contributed by atoms with Gasteiger partial charge in [-0.25, -0.2) is 4.79 Å². The van der Waals surface area contributed by atoms with Gasteiger partial charge in [-0.3, -0.25) is 0 Å². The first kappa shape index (κ1) is 14.6. The molecule has 0 unspecified atom stereocenters. The number of ether oxygens (including phenoxy) is 3. The molecule has 0 saturated carbocycles. The summed E-state index contributed by atoms with van der Waals surface area (Å²) in [7, 11) is 0. The number of carbonyl (C=O) groups is 1. The topological polar surface area (TPSA) is 51.3 Å². The molecule has 0 bridgehead atoms. The molecule has 0 aromatic carbocycles. The van der Waals surface area contributed by atoms with Gasteiger partial charge in [0.2, 0.25) is 0 Å². The number of nitrogens with zero attached hydrogens (tertiary/aromatic N) is 1. The number of hydrogen-bond donors (Lipinski definition) is 0. The minimum absolute atomic E-state index is 0.206. The van der Waals surface area contributed by atoms with E-state index in [0.717, 1.165) is 32.5 Å². The quantitative estimate of drug-likeness (QED) is 0.734. The van der Waals surface area contributed by atoms with E-state index in [4.69, 9.17) is 14.2 Å². The highest BCUT2D eigenvalue weighted by molar-refractivity contribution is 5.68. The summed E-state index contributed by atoms with van der Waals surface area (Å²) < 4.78 is 16.1. The van der Waals surface area contributed by atoms with E-state index in [9.17, 15) is 4.79 Å². The molecule has 5 heteroatoms. The molecule has 0 radical (unpaired) electrons. The smallest absolute Gasteiger partial charge is 0.410 e. The van der Waals surface area contributed by atoms with Crippen molar-refractivity contribution in [3.05, 3.63) is 0 Å². The molecular formula is C14H25NO4. The van der Waals surface area contributed by atoms with Crippen LogP contribution in [0.2, 0.25) is 0 Å². The van der Waals surface area contributed by atoms with E-state index in [-0.39, 0.29) is 6.09 Å². The van der Waals surface area contributed by atoms with Crippen molar-refractivity contribution in [3.8, 4) is 0 Å². The molecule has 5 nitrogen and oxygen atoms in total. The first-order valence-electron chi connectivity index (χ1n) is 7.11. The zero-order valence-electron chi connectivity index (χ0n) is 12.2. The van der Waals surface area contributed by atoms with E-state index >= 15 is 0 Å². The summed E-state index contributed by atoms with van der Waals surface area (Å²) in [4.78, 5) is 13.8. The fraction of sp³-hybridized carbons (Fsp3) is 0.929. The van der Waals surface area contributed by atoms with Gasteiger partial charge in [0.15, 0.2) is 0 Å². The third-order valence-corrected chi connectivity index (χ3v) is 3.23. The molecular weight excluding hydrogens is 246 g/mol. The van der Waals surface area contributed by atoms with Crippen LogP contribution in [0.25, 0.3) is 0 Å². The molecule has 2 saturated heterocycles. The van der Waals surface area contributed by atoms with Gasteiger partial charge >= 0.3 is 6.09 Å². The summed E-state index contributed by atoms with van der Waals surface area (Å²) in [5.74, 6) is 0.417. The van der Waals surface area contributed by atoms with Crippen LogP contribution in [0.1, 0.15) is 33.6 Å². The summed E-state index contributed by atoms with van der Waals surface area (Å²) in [6.45, 7) is 9.43. The summed E-state index contributed by atoms with van der Waals surface area (Å²) in [6.07, 6.45) is 2.24. The molecule has 2 aliphatic heterocycles. The first-order chi connectivity index (χ1) is 8.94. The van der Waals surface area contributed by atoms with Crippen molar-refractivity contribution < 1.29 is 19.0 Å². The van der Waals surface area contributed by atoms with Crippen molar-refractivity contribution in [3.63, 3.8) is 0 Å². The average Bonchev–Trinajstić information content (AvgIpc) is 3.11. The Kier molecular flexibility index (Phi) is 4.68. The third kappa shape index (κ3) is 5.37. The summed E-state index contributed by atoms with van der Waals surface area (Å²) in [5, 5.41) is 0. The molecule has 0 N–H and O–H groups in total. The second kappa shape index (κ2) is 6.09. The average molecular weight is 271 g/mol. The number of epoxide rings is 1. The van der Waals surface area contributed by atoms with E-state index in [1.165, 1.54) is 0 Å². The lowest BCUT2D eigenvalue weighted by atomic mass is 9.99. The third-order valence-electron chi connectivity index (χ3n) is 3.23. The summed E-state index contributed by atoms with van der Waals surface area (Å²) in [5.41, 5.74) is -0.427. The number of amides is 1. The van der Waals surface area contributed by atoms with Crippen LogP contribution in [0, 0.1) is 5.92 Å². The largest absolute Gasteiger partial charge is 0.444 e. The van der Waals surface area contributed by atoms with Gasteiger partial charge < -0.3 is 19.1 Å². The molecule has 2 atom stereocenters. The highest BCUT2D eigenvalue weighted by atomic mass is 16.6. The normalized spacial score (nSPS) is 27.2. The van der Waals surface area contributed by atoms with Crippen molar-refractivity contribution in [1.29, 1.82) is 0 Å². The van der Waals surface area contributed by atoms with Crippen LogP contribution in [0.5, 0.6) is 0 Å². The molecule has 2 aliphatic rings. The van der Waals surface area contributed by atoms with Crippen LogP contribution in [0.15, 0.2) is 0 Å².